The summed E-state index contributed by atoms with van der Waals surface area (Å²) >= 11 is 0. The number of rotatable bonds is 6. The maximum absolute atomic E-state index is 11.9. The Morgan fingerprint density at radius 1 is 1.44 bits per heavy atom. The van der Waals surface area contributed by atoms with Crippen LogP contribution in [0, 0.1) is 0 Å². The van der Waals surface area contributed by atoms with Crippen molar-refractivity contribution in [3.05, 3.63) is 0 Å². The van der Waals surface area contributed by atoms with Gasteiger partial charge < -0.3 is 15.3 Å². The first-order valence-electron chi connectivity index (χ1n) is 6.09. The highest BCUT2D eigenvalue weighted by Crippen LogP contribution is 1.97. The minimum absolute atomic E-state index is 0.150. The van der Waals surface area contributed by atoms with Crippen LogP contribution in [0.1, 0.15) is 13.3 Å². The molecule has 0 spiro atoms. The van der Waals surface area contributed by atoms with Crippen LogP contribution >= 0.6 is 0 Å². The zero-order chi connectivity index (χ0) is 11.8. The summed E-state index contributed by atoms with van der Waals surface area (Å²) in [6, 6.07) is 0. The minimum atomic E-state index is 0.150. The van der Waals surface area contributed by atoms with Gasteiger partial charge in [0, 0.05) is 45.9 Å². The molecule has 0 bridgehead atoms. The molecule has 0 atom stereocenters. The Labute approximate surface area is 97.4 Å². The third kappa shape index (κ3) is 4.47. The first-order valence-corrected chi connectivity index (χ1v) is 6.09. The second-order valence-corrected chi connectivity index (χ2v) is 4.08. The number of carbonyl (C=O) groups is 1. The van der Waals surface area contributed by atoms with E-state index in [-0.39, 0.29) is 12.5 Å². The molecule has 1 amide bonds. The van der Waals surface area contributed by atoms with Crippen molar-refractivity contribution in [1.82, 2.24) is 15.1 Å². The van der Waals surface area contributed by atoms with Crippen molar-refractivity contribution in [2.24, 2.45) is 0 Å². The summed E-state index contributed by atoms with van der Waals surface area (Å²) < 4.78 is 0. The third-order valence-corrected chi connectivity index (χ3v) is 2.89. The normalized spacial score (nSPS) is 17.4. The highest BCUT2D eigenvalue weighted by atomic mass is 16.3. The molecule has 0 aliphatic carbocycles. The van der Waals surface area contributed by atoms with Gasteiger partial charge in [0.1, 0.15) is 0 Å². The summed E-state index contributed by atoms with van der Waals surface area (Å²) in [5.74, 6) is 0.179. The van der Waals surface area contributed by atoms with Crippen molar-refractivity contribution in [2.75, 3.05) is 52.4 Å². The largest absolute Gasteiger partial charge is 0.396 e. The summed E-state index contributed by atoms with van der Waals surface area (Å²) in [4.78, 5) is 15.9. The molecule has 1 aliphatic rings. The van der Waals surface area contributed by atoms with Crippen LogP contribution in [0.5, 0.6) is 0 Å². The average Bonchev–Trinajstić information content (AvgIpc) is 2.31. The predicted octanol–water partition coefficient (Wildman–Crippen LogP) is -0.877. The molecule has 1 fully saturated rings. The van der Waals surface area contributed by atoms with Crippen LogP contribution in [0.4, 0.5) is 0 Å². The summed E-state index contributed by atoms with van der Waals surface area (Å²) in [6.45, 7) is 7.87. The topological polar surface area (TPSA) is 55.8 Å². The van der Waals surface area contributed by atoms with E-state index in [0.717, 1.165) is 32.7 Å². The number of carbonyl (C=O) groups excluding carboxylic acids is 1. The molecular formula is C11H23N3O2. The quantitative estimate of drug-likeness (QED) is 0.621. The molecule has 1 aliphatic heterocycles. The number of aliphatic hydroxyl groups excluding tert-OH is 1. The number of likely N-dealkylation sites (N-methyl/N-ethyl adjacent to an activating group) is 1. The average molecular weight is 229 g/mol. The molecule has 1 heterocycles. The number of amides is 1. The Bertz CT molecular complexity index is 205. The molecule has 16 heavy (non-hydrogen) atoms. The molecule has 0 aromatic heterocycles. The second kappa shape index (κ2) is 7.60. The number of hydrogen-bond acceptors (Lipinski definition) is 4. The summed E-state index contributed by atoms with van der Waals surface area (Å²) in [5.41, 5.74) is 0. The van der Waals surface area contributed by atoms with E-state index in [4.69, 9.17) is 5.11 Å². The van der Waals surface area contributed by atoms with Gasteiger partial charge in [0.05, 0.1) is 6.54 Å². The molecule has 0 radical (unpaired) electrons. The van der Waals surface area contributed by atoms with E-state index in [1.807, 2.05) is 11.8 Å². The Balaban J connectivity index is 2.29. The van der Waals surface area contributed by atoms with Crippen LogP contribution in [-0.2, 0) is 4.79 Å². The van der Waals surface area contributed by atoms with E-state index < -0.39 is 0 Å². The first kappa shape index (κ1) is 13.4. The molecule has 94 valence electrons. The molecule has 0 unspecified atom stereocenters. The van der Waals surface area contributed by atoms with Crippen molar-refractivity contribution in [3.63, 3.8) is 0 Å². The van der Waals surface area contributed by atoms with E-state index in [1.165, 1.54) is 0 Å². The molecule has 1 saturated heterocycles. The van der Waals surface area contributed by atoms with Gasteiger partial charge in [-0.15, -0.1) is 0 Å². The van der Waals surface area contributed by atoms with Crippen LogP contribution in [0.3, 0.4) is 0 Å². The second-order valence-electron chi connectivity index (χ2n) is 4.08. The maximum atomic E-state index is 11.9. The van der Waals surface area contributed by atoms with Crippen LogP contribution in [0.2, 0.25) is 0 Å². The van der Waals surface area contributed by atoms with E-state index >= 15 is 0 Å². The Morgan fingerprint density at radius 3 is 2.69 bits per heavy atom. The fourth-order valence-corrected chi connectivity index (χ4v) is 1.88. The van der Waals surface area contributed by atoms with Gasteiger partial charge in [-0.1, -0.05) is 0 Å². The fraction of sp³-hybridized carbons (Fsp3) is 0.909. The highest BCUT2D eigenvalue weighted by molar-refractivity contribution is 5.78. The van der Waals surface area contributed by atoms with Crippen LogP contribution in [0.25, 0.3) is 0 Å². The summed E-state index contributed by atoms with van der Waals surface area (Å²) in [7, 11) is 0. The van der Waals surface area contributed by atoms with Crippen molar-refractivity contribution < 1.29 is 9.90 Å². The van der Waals surface area contributed by atoms with E-state index in [1.54, 1.807) is 0 Å². The Morgan fingerprint density at radius 2 is 2.12 bits per heavy atom. The van der Waals surface area contributed by atoms with E-state index in [0.29, 0.717) is 19.5 Å². The summed E-state index contributed by atoms with van der Waals surface area (Å²) in [5, 5.41) is 12.0. The molecule has 2 N–H and O–H groups in total. The van der Waals surface area contributed by atoms with E-state index in [2.05, 4.69) is 10.2 Å². The molecule has 5 heteroatoms. The van der Waals surface area contributed by atoms with E-state index in [9.17, 15) is 4.79 Å². The SMILES string of the molecule is CCN(CCCO)C(=O)CN1CCNCC1. The van der Waals surface area contributed by atoms with Crippen molar-refractivity contribution in [2.45, 2.75) is 13.3 Å². The number of aliphatic hydroxyl groups is 1. The van der Waals surface area contributed by atoms with Crippen molar-refractivity contribution in [1.29, 1.82) is 0 Å². The van der Waals surface area contributed by atoms with Crippen molar-refractivity contribution in [3.8, 4) is 0 Å². The van der Waals surface area contributed by atoms with Gasteiger partial charge in [0.2, 0.25) is 5.91 Å². The third-order valence-electron chi connectivity index (χ3n) is 2.89. The standard InChI is InChI=1S/C11H23N3O2/c1-2-14(6-3-9-15)11(16)10-13-7-4-12-5-8-13/h12,15H,2-10H2,1H3. The van der Waals surface area contributed by atoms with Gasteiger partial charge in [-0.05, 0) is 13.3 Å². The maximum Gasteiger partial charge on any atom is 0.236 e. The Kier molecular flexibility index (Phi) is 6.37. The molecule has 5 nitrogen and oxygen atoms in total. The van der Waals surface area contributed by atoms with Gasteiger partial charge >= 0.3 is 0 Å². The molecule has 0 aromatic carbocycles. The smallest absolute Gasteiger partial charge is 0.236 e. The lowest BCUT2D eigenvalue weighted by atomic mass is 10.3. The minimum Gasteiger partial charge on any atom is -0.396 e. The van der Waals surface area contributed by atoms with Gasteiger partial charge in [0.15, 0.2) is 0 Å². The molecule has 0 saturated carbocycles. The lowest BCUT2D eigenvalue weighted by Gasteiger charge is -2.29. The van der Waals surface area contributed by atoms with Crippen molar-refractivity contribution >= 4 is 5.91 Å². The van der Waals surface area contributed by atoms with Crippen LogP contribution < -0.4 is 5.32 Å². The molecule has 0 aromatic rings. The number of nitrogens with one attached hydrogen (secondary N) is 1. The van der Waals surface area contributed by atoms with Gasteiger partial charge in [-0.2, -0.15) is 0 Å². The fourth-order valence-electron chi connectivity index (χ4n) is 1.88. The monoisotopic (exact) mass is 229 g/mol. The number of hydrogen-bond donors (Lipinski definition) is 2. The Hall–Kier alpha value is -0.650. The lowest BCUT2D eigenvalue weighted by Crippen LogP contribution is -2.48. The molecular weight excluding hydrogens is 206 g/mol. The summed E-state index contributed by atoms with van der Waals surface area (Å²) in [6.07, 6.45) is 0.668. The first-order chi connectivity index (χ1) is 7.77. The zero-order valence-electron chi connectivity index (χ0n) is 10.1. The zero-order valence-corrected chi connectivity index (χ0v) is 10.1. The van der Waals surface area contributed by atoms with Gasteiger partial charge in [-0.3, -0.25) is 9.69 Å². The predicted molar refractivity (Wildman–Crippen MR) is 63.3 cm³/mol. The van der Waals surface area contributed by atoms with Gasteiger partial charge in [0.25, 0.3) is 0 Å². The van der Waals surface area contributed by atoms with Crippen LogP contribution in [-0.4, -0.2) is 73.2 Å². The van der Waals surface area contributed by atoms with Gasteiger partial charge in [-0.25, -0.2) is 0 Å². The number of nitrogens with zero attached hydrogens (tertiary/aromatic N) is 2. The number of piperazine rings is 1. The lowest BCUT2D eigenvalue weighted by molar-refractivity contribution is -0.132. The molecule has 1 rings (SSSR count). The van der Waals surface area contributed by atoms with Crippen LogP contribution in [0.15, 0.2) is 0 Å². The highest BCUT2D eigenvalue weighted by Gasteiger charge is 2.17.